The number of carbonyl (C=O) groups is 1. The Morgan fingerprint density at radius 3 is 2.64 bits per heavy atom. The lowest BCUT2D eigenvalue weighted by Crippen LogP contribution is -2.29. The fourth-order valence-electron chi connectivity index (χ4n) is 0.988. The molecule has 1 aromatic heterocycles. The minimum absolute atomic E-state index is 0.227. The Morgan fingerprint density at radius 2 is 2.29 bits per heavy atom. The fourth-order valence-corrected chi connectivity index (χ4v) is 1.10. The summed E-state index contributed by atoms with van der Waals surface area (Å²) in [6, 6.07) is 5.16. The quantitative estimate of drug-likeness (QED) is 0.748. The van der Waals surface area contributed by atoms with Crippen molar-refractivity contribution in [2.24, 2.45) is 0 Å². The van der Waals surface area contributed by atoms with Gasteiger partial charge in [-0.15, -0.1) is 0 Å². The molecule has 1 atom stereocenters. The summed E-state index contributed by atoms with van der Waals surface area (Å²) in [4.78, 5) is 15.3. The van der Waals surface area contributed by atoms with Crippen molar-refractivity contribution in [2.45, 2.75) is 19.3 Å². The van der Waals surface area contributed by atoms with E-state index in [9.17, 15) is 4.79 Å². The van der Waals surface area contributed by atoms with Crippen LogP contribution in [0.25, 0.3) is 0 Å². The van der Waals surface area contributed by atoms with Gasteiger partial charge in [-0.05, 0) is 26.0 Å². The molecule has 72 valence electrons. The molecule has 0 spiro atoms. The molecule has 0 bridgehead atoms. The first-order valence-electron chi connectivity index (χ1n) is 4.05. The summed E-state index contributed by atoms with van der Waals surface area (Å²) in [7, 11) is 0. The SMILES string of the molecule is CC(=O)C(C)(C#N)c1ccc(Cl)cn1. The molecule has 1 unspecified atom stereocenters. The van der Waals surface area contributed by atoms with Crippen LogP contribution in [-0.4, -0.2) is 10.8 Å². The lowest BCUT2D eigenvalue weighted by Gasteiger charge is -2.16. The van der Waals surface area contributed by atoms with Gasteiger partial charge in [-0.1, -0.05) is 11.6 Å². The number of hydrogen-bond acceptors (Lipinski definition) is 3. The van der Waals surface area contributed by atoms with Gasteiger partial charge in [-0.25, -0.2) is 0 Å². The van der Waals surface area contributed by atoms with Crippen molar-refractivity contribution in [1.29, 1.82) is 5.26 Å². The van der Waals surface area contributed by atoms with Crippen LogP contribution in [0.1, 0.15) is 19.5 Å². The van der Waals surface area contributed by atoms with Crippen LogP contribution in [0.15, 0.2) is 18.3 Å². The topological polar surface area (TPSA) is 53.8 Å². The van der Waals surface area contributed by atoms with Gasteiger partial charge in [-0.2, -0.15) is 5.26 Å². The van der Waals surface area contributed by atoms with Crippen LogP contribution in [0, 0.1) is 11.3 Å². The van der Waals surface area contributed by atoms with E-state index < -0.39 is 5.41 Å². The number of carbonyl (C=O) groups excluding carboxylic acids is 1. The molecule has 0 aliphatic rings. The van der Waals surface area contributed by atoms with Crippen molar-refractivity contribution in [3.05, 3.63) is 29.0 Å². The Kier molecular flexibility index (Phi) is 2.87. The predicted molar refractivity (Wildman–Crippen MR) is 52.9 cm³/mol. The van der Waals surface area contributed by atoms with Crippen LogP contribution in [0.2, 0.25) is 5.02 Å². The molecule has 0 aliphatic heterocycles. The van der Waals surface area contributed by atoms with Crippen molar-refractivity contribution in [2.75, 3.05) is 0 Å². The molecule has 1 rings (SSSR count). The van der Waals surface area contributed by atoms with Crippen LogP contribution in [0.4, 0.5) is 0 Å². The van der Waals surface area contributed by atoms with E-state index in [0.717, 1.165) is 0 Å². The number of nitrogens with zero attached hydrogens (tertiary/aromatic N) is 2. The monoisotopic (exact) mass is 208 g/mol. The van der Waals surface area contributed by atoms with Gasteiger partial charge in [0, 0.05) is 6.20 Å². The largest absolute Gasteiger partial charge is 0.298 e. The number of pyridine rings is 1. The molecule has 1 aromatic rings. The molecule has 0 N–H and O–H groups in total. The molecule has 0 amide bonds. The van der Waals surface area contributed by atoms with Crippen LogP contribution >= 0.6 is 11.6 Å². The van der Waals surface area contributed by atoms with Gasteiger partial charge in [0.25, 0.3) is 0 Å². The second-order valence-electron chi connectivity index (χ2n) is 3.15. The fraction of sp³-hybridized carbons (Fsp3) is 0.300. The van der Waals surface area contributed by atoms with E-state index in [1.54, 1.807) is 19.1 Å². The zero-order chi connectivity index (χ0) is 10.8. The van der Waals surface area contributed by atoms with E-state index in [-0.39, 0.29) is 5.78 Å². The summed E-state index contributed by atoms with van der Waals surface area (Å²) in [5.74, 6) is -0.227. The van der Waals surface area contributed by atoms with Crippen LogP contribution in [-0.2, 0) is 10.2 Å². The molecule has 3 nitrogen and oxygen atoms in total. The summed E-state index contributed by atoms with van der Waals surface area (Å²) in [6.45, 7) is 2.92. The van der Waals surface area contributed by atoms with Gasteiger partial charge in [0.05, 0.1) is 16.8 Å². The number of hydrogen-bond donors (Lipinski definition) is 0. The Hall–Kier alpha value is -1.40. The standard InChI is InChI=1S/C10H9ClN2O/c1-7(14)10(2,6-12)9-4-3-8(11)5-13-9/h3-5H,1-2H3. The van der Waals surface area contributed by atoms with Gasteiger partial charge in [0.2, 0.25) is 0 Å². The van der Waals surface area contributed by atoms with Gasteiger partial charge >= 0.3 is 0 Å². The molecular weight excluding hydrogens is 200 g/mol. The van der Waals surface area contributed by atoms with Crippen molar-refractivity contribution in [3.63, 3.8) is 0 Å². The highest BCUT2D eigenvalue weighted by molar-refractivity contribution is 6.30. The molecule has 0 saturated carbocycles. The maximum Gasteiger partial charge on any atom is 0.155 e. The molecular formula is C10H9ClN2O. The summed E-state index contributed by atoms with van der Waals surface area (Å²) < 4.78 is 0. The molecule has 14 heavy (non-hydrogen) atoms. The molecule has 0 fully saturated rings. The lowest BCUT2D eigenvalue weighted by molar-refractivity contribution is -0.120. The van der Waals surface area contributed by atoms with Crippen molar-refractivity contribution >= 4 is 17.4 Å². The molecule has 0 saturated heterocycles. The second kappa shape index (κ2) is 3.77. The van der Waals surface area contributed by atoms with Gasteiger partial charge in [0.15, 0.2) is 11.2 Å². The Labute approximate surface area is 87.3 Å². The zero-order valence-corrected chi connectivity index (χ0v) is 8.67. The van der Waals surface area contributed by atoms with Crippen molar-refractivity contribution < 1.29 is 4.79 Å². The maximum absolute atomic E-state index is 11.3. The third-order valence-electron chi connectivity index (χ3n) is 2.17. The van der Waals surface area contributed by atoms with Gasteiger partial charge in [0.1, 0.15) is 0 Å². The number of ketones is 1. The summed E-state index contributed by atoms with van der Waals surface area (Å²) >= 11 is 5.65. The first-order chi connectivity index (χ1) is 6.50. The highest BCUT2D eigenvalue weighted by Crippen LogP contribution is 2.22. The van der Waals surface area contributed by atoms with E-state index in [1.165, 1.54) is 13.1 Å². The van der Waals surface area contributed by atoms with E-state index in [0.29, 0.717) is 10.7 Å². The number of aromatic nitrogens is 1. The predicted octanol–water partition coefficient (Wildman–Crippen LogP) is 2.11. The Balaban J connectivity index is 3.22. The van der Waals surface area contributed by atoms with E-state index >= 15 is 0 Å². The molecule has 0 aromatic carbocycles. The van der Waals surface area contributed by atoms with Crippen LogP contribution in [0.3, 0.4) is 0 Å². The first kappa shape index (κ1) is 10.7. The lowest BCUT2D eigenvalue weighted by atomic mass is 9.84. The third kappa shape index (κ3) is 1.75. The van der Waals surface area contributed by atoms with E-state index in [1.807, 2.05) is 6.07 Å². The van der Waals surface area contributed by atoms with Gasteiger partial charge < -0.3 is 0 Å². The molecule has 0 radical (unpaired) electrons. The van der Waals surface area contributed by atoms with E-state index in [2.05, 4.69) is 4.98 Å². The van der Waals surface area contributed by atoms with E-state index in [4.69, 9.17) is 16.9 Å². The van der Waals surface area contributed by atoms with Crippen LogP contribution < -0.4 is 0 Å². The molecule has 4 heteroatoms. The number of nitriles is 1. The summed E-state index contributed by atoms with van der Waals surface area (Å²) in [5.41, 5.74) is -0.748. The summed E-state index contributed by atoms with van der Waals surface area (Å²) in [5, 5.41) is 9.42. The third-order valence-corrected chi connectivity index (χ3v) is 2.39. The van der Waals surface area contributed by atoms with Gasteiger partial charge in [-0.3, -0.25) is 9.78 Å². The molecule has 1 heterocycles. The maximum atomic E-state index is 11.3. The molecule has 0 aliphatic carbocycles. The number of Topliss-reactive ketones (excluding diaryl/α,β-unsaturated/α-hetero) is 1. The number of rotatable bonds is 2. The average molecular weight is 209 g/mol. The van der Waals surface area contributed by atoms with Crippen LogP contribution in [0.5, 0.6) is 0 Å². The summed E-state index contributed by atoms with van der Waals surface area (Å²) in [6.07, 6.45) is 1.43. The minimum atomic E-state index is -1.18. The highest BCUT2D eigenvalue weighted by Gasteiger charge is 2.33. The second-order valence-corrected chi connectivity index (χ2v) is 3.59. The first-order valence-corrected chi connectivity index (χ1v) is 4.43. The zero-order valence-electron chi connectivity index (χ0n) is 7.91. The Bertz CT molecular complexity index is 394. The number of halogens is 1. The van der Waals surface area contributed by atoms with Crippen molar-refractivity contribution in [1.82, 2.24) is 4.98 Å². The normalized spacial score (nSPS) is 14.1. The highest BCUT2D eigenvalue weighted by atomic mass is 35.5. The van der Waals surface area contributed by atoms with Crippen molar-refractivity contribution in [3.8, 4) is 6.07 Å². The smallest absolute Gasteiger partial charge is 0.155 e. The Morgan fingerprint density at radius 1 is 1.64 bits per heavy atom. The average Bonchev–Trinajstić information content (AvgIpc) is 2.17. The minimum Gasteiger partial charge on any atom is -0.298 e.